The van der Waals surface area contributed by atoms with Crippen molar-refractivity contribution in [1.29, 1.82) is 0 Å². The standard InChI is InChI=1S/C16H23N5O/c1-18(2)16(22)13-20-9-7-19(8-10-20)11-14-12-21-6-4-3-5-15(21)17-14/h3-6,12H,7-11,13H2,1-2H3. The van der Waals surface area contributed by atoms with E-state index in [1.54, 1.807) is 4.90 Å². The van der Waals surface area contributed by atoms with Crippen LogP contribution in [-0.2, 0) is 11.3 Å². The van der Waals surface area contributed by atoms with Crippen molar-refractivity contribution < 1.29 is 4.79 Å². The largest absolute Gasteiger partial charge is 0.348 e. The number of carbonyl (C=O) groups excluding carboxylic acids is 1. The molecule has 1 fully saturated rings. The zero-order chi connectivity index (χ0) is 15.5. The highest BCUT2D eigenvalue weighted by Crippen LogP contribution is 2.10. The van der Waals surface area contributed by atoms with Gasteiger partial charge in [0.25, 0.3) is 0 Å². The Morgan fingerprint density at radius 2 is 1.91 bits per heavy atom. The molecule has 2 aromatic heterocycles. The molecule has 0 unspecified atom stereocenters. The number of hydrogen-bond acceptors (Lipinski definition) is 4. The number of nitrogens with zero attached hydrogens (tertiary/aromatic N) is 5. The van der Waals surface area contributed by atoms with Gasteiger partial charge in [-0.05, 0) is 12.1 Å². The lowest BCUT2D eigenvalue weighted by Gasteiger charge is -2.34. The van der Waals surface area contributed by atoms with Crippen LogP contribution in [0.1, 0.15) is 5.69 Å². The number of carbonyl (C=O) groups is 1. The Morgan fingerprint density at radius 1 is 1.18 bits per heavy atom. The fraction of sp³-hybridized carbons (Fsp3) is 0.500. The Balaban J connectivity index is 1.52. The highest BCUT2D eigenvalue weighted by atomic mass is 16.2. The van der Waals surface area contributed by atoms with Crippen LogP contribution in [0, 0.1) is 0 Å². The van der Waals surface area contributed by atoms with Crippen LogP contribution in [0.15, 0.2) is 30.6 Å². The minimum atomic E-state index is 0.175. The molecular formula is C16H23N5O. The summed E-state index contributed by atoms with van der Waals surface area (Å²) >= 11 is 0. The number of pyridine rings is 1. The average molecular weight is 301 g/mol. The van der Waals surface area contributed by atoms with E-state index in [1.165, 1.54) is 0 Å². The van der Waals surface area contributed by atoms with E-state index in [0.29, 0.717) is 6.54 Å². The van der Waals surface area contributed by atoms with Gasteiger partial charge in [-0.1, -0.05) is 6.07 Å². The monoisotopic (exact) mass is 301 g/mol. The van der Waals surface area contributed by atoms with Crippen molar-refractivity contribution in [3.05, 3.63) is 36.3 Å². The Morgan fingerprint density at radius 3 is 2.59 bits per heavy atom. The predicted octanol–water partition coefficient (Wildman–Crippen LogP) is 0.540. The molecule has 0 bridgehead atoms. The second kappa shape index (κ2) is 6.46. The molecule has 0 radical (unpaired) electrons. The van der Waals surface area contributed by atoms with Gasteiger partial charge in [0.05, 0.1) is 12.2 Å². The number of piperazine rings is 1. The third kappa shape index (κ3) is 3.45. The van der Waals surface area contributed by atoms with Crippen LogP contribution in [0.3, 0.4) is 0 Å². The molecular weight excluding hydrogens is 278 g/mol. The molecule has 0 atom stereocenters. The van der Waals surface area contributed by atoms with Gasteiger partial charge >= 0.3 is 0 Å². The topological polar surface area (TPSA) is 44.1 Å². The third-order valence-corrected chi connectivity index (χ3v) is 4.12. The summed E-state index contributed by atoms with van der Waals surface area (Å²) in [4.78, 5) is 22.7. The molecule has 6 heteroatoms. The summed E-state index contributed by atoms with van der Waals surface area (Å²) in [5.41, 5.74) is 2.09. The summed E-state index contributed by atoms with van der Waals surface area (Å²) in [6.45, 7) is 5.23. The predicted molar refractivity (Wildman–Crippen MR) is 85.6 cm³/mol. The van der Waals surface area contributed by atoms with E-state index in [2.05, 4.69) is 25.4 Å². The molecule has 3 rings (SSSR count). The van der Waals surface area contributed by atoms with Crippen LogP contribution in [0.4, 0.5) is 0 Å². The number of imidazole rings is 1. The highest BCUT2D eigenvalue weighted by molar-refractivity contribution is 5.77. The summed E-state index contributed by atoms with van der Waals surface area (Å²) in [6.07, 6.45) is 4.12. The molecule has 1 saturated heterocycles. The number of hydrogen-bond donors (Lipinski definition) is 0. The molecule has 0 spiro atoms. The minimum Gasteiger partial charge on any atom is -0.348 e. The molecule has 1 aliphatic rings. The Hall–Kier alpha value is -1.92. The van der Waals surface area contributed by atoms with Gasteiger partial charge in [-0.2, -0.15) is 0 Å². The van der Waals surface area contributed by atoms with E-state index in [4.69, 9.17) is 0 Å². The Labute approximate surface area is 130 Å². The lowest BCUT2D eigenvalue weighted by Crippen LogP contribution is -2.48. The van der Waals surface area contributed by atoms with Crippen LogP contribution >= 0.6 is 0 Å². The number of rotatable bonds is 4. The molecule has 118 valence electrons. The summed E-state index contributed by atoms with van der Waals surface area (Å²) in [6, 6.07) is 6.04. The van der Waals surface area contributed by atoms with Crippen molar-refractivity contribution in [2.45, 2.75) is 6.54 Å². The van der Waals surface area contributed by atoms with Crippen molar-refractivity contribution in [2.75, 3.05) is 46.8 Å². The van der Waals surface area contributed by atoms with Crippen molar-refractivity contribution in [3.63, 3.8) is 0 Å². The molecule has 0 N–H and O–H groups in total. The quantitative estimate of drug-likeness (QED) is 0.827. The van der Waals surface area contributed by atoms with Crippen LogP contribution in [0.2, 0.25) is 0 Å². The molecule has 6 nitrogen and oxygen atoms in total. The molecule has 0 aliphatic carbocycles. The maximum Gasteiger partial charge on any atom is 0.236 e. The SMILES string of the molecule is CN(C)C(=O)CN1CCN(Cc2cn3ccccc3n2)CC1. The number of amides is 1. The zero-order valence-corrected chi connectivity index (χ0v) is 13.3. The minimum absolute atomic E-state index is 0.175. The first kappa shape index (κ1) is 15.0. The van der Waals surface area contributed by atoms with Gasteiger partial charge in [0, 0.05) is 59.2 Å². The number of fused-ring (bicyclic) bond motifs is 1. The molecule has 0 saturated carbocycles. The second-order valence-corrected chi connectivity index (χ2v) is 6.04. The fourth-order valence-corrected chi connectivity index (χ4v) is 2.73. The lowest BCUT2D eigenvalue weighted by molar-refractivity contribution is -0.130. The Kier molecular flexibility index (Phi) is 4.40. The molecule has 1 amide bonds. The van der Waals surface area contributed by atoms with Crippen molar-refractivity contribution >= 4 is 11.6 Å². The normalized spacial score (nSPS) is 17.0. The van der Waals surface area contributed by atoms with E-state index in [-0.39, 0.29) is 5.91 Å². The van der Waals surface area contributed by atoms with E-state index in [0.717, 1.165) is 44.1 Å². The van der Waals surface area contributed by atoms with Crippen LogP contribution in [-0.4, -0.2) is 76.8 Å². The van der Waals surface area contributed by atoms with E-state index in [1.807, 2.05) is 38.5 Å². The first-order valence-corrected chi connectivity index (χ1v) is 7.69. The van der Waals surface area contributed by atoms with Gasteiger partial charge in [-0.3, -0.25) is 14.6 Å². The van der Waals surface area contributed by atoms with E-state index < -0.39 is 0 Å². The lowest BCUT2D eigenvalue weighted by atomic mass is 10.3. The maximum atomic E-state index is 11.7. The van der Waals surface area contributed by atoms with Gasteiger partial charge in [0.2, 0.25) is 5.91 Å². The molecule has 1 aliphatic heterocycles. The summed E-state index contributed by atoms with van der Waals surface area (Å²) in [5.74, 6) is 0.175. The zero-order valence-electron chi connectivity index (χ0n) is 13.3. The Bertz CT molecular complexity index is 610. The second-order valence-electron chi connectivity index (χ2n) is 6.04. The smallest absolute Gasteiger partial charge is 0.236 e. The van der Waals surface area contributed by atoms with Gasteiger partial charge in [-0.15, -0.1) is 0 Å². The highest BCUT2D eigenvalue weighted by Gasteiger charge is 2.20. The third-order valence-electron chi connectivity index (χ3n) is 4.12. The van der Waals surface area contributed by atoms with Crippen LogP contribution in [0.25, 0.3) is 5.65 Å². The molecule has 0 aromatic carbocycles. The molecule has 3 heterocycles. The average Bonchev–Trinajstić information content (AvgIpc) is 2.91. The van der Waals surface area contributed by atoms with Gasteiger partial charge in [-0.25, -0.2) is 4.98 Å². The summed E-state index contributed by atoms with van der Waals surface area (Å²) in [7, 11) is 3.62. The number of likely N-dealkylation sites (N-methyl/N-ethyl adjacent to an activating group) is 1. The fourth-order valence-electron chi connectivity index (χ4n) is 2.73. The first-order chi connectivity index (χ1) is 10.6. The van der Waals surface area contributed by atoms with Crippen molar-refractivity contribution in [3.8, 4) is 0 Å². The van der Waals surface area contributed by atoms with Crippen molar-refractivity contribution in [2.24, 2.45) is 0 Å². The van der Waals surface area contributed by atoms with Crippen molar-refractivity contribution in [1.82, 2.24) is 24.1 Å². The van der Waals surface area contributed by atoms with Gasteiger partial charge in [0.15, 0.2) is 0 Å². The molecule has 22 heavy (non-hydrogen) atoms. The van der Waals surface area contributed by atoms with E-state index in [9.17, 15) is 4.79 Å². The number of aromatic nitrogens is 2. The molecule has 2 aromatic rings. The van der Waals surface area contributed by atoms with Gasteiger partial charge < -0.3 is 9.30 Å². The van der Waals surface area contributed by atoms with E-state index >= 15 is 0 Å². The van der Waals surface area contributed by atoms with Crippen LogP contribution in [0.5, 0.6) is 0 Å². The maximum absolute atomic E-state index is 11.7. The van der Waals surface area contributed by atoms with Crippen LogP contribution < -0.4 is 0 Å². The summed E-state index contributed by atoms with van der Waals surface area (Å²) in [5, 5.41) is 0. The first-order valence-electron chi connectivity index (χ1n) is 7.69. The summed E-state index contributed by atoms with van der Waals surface area (Å²) < 4.78 is 2.06. The van der Waals surface area contributed by atoms with Gasteiger partial charge in [0.1, 0.15) is 5.65 Å².